The summed E-state index contributed by atoms with van der Waals surface area (Å²) in [4.78, 5) is 0. The van der Waals surface area contributed by atoms with Crippen LogP contribution in [0.5, 0.6) is 5.75 Å². The molecular weight excluding hydrogens is 185 g/mol. The van der Waals surface area contributed by atoms with Crippen molar-refractivity contribution in [3.8, 4) is 5.75 Å². The number of halogens is 3. The number of alkyl halides is 2. The molecule has 0 heterocycles. The number of hydrogen-bond acceptors (Lipinski definition) is 2. The summed E-state index contributed by atoms with van der Waals surface area (Å²) >= 11 is 0. The minimum atomic E-state index is -4.09. The quantitative estimate of drug-likeness (QED) is 0.775. The van der Waals surface area contributed by atoms with E-state index < -0.39 is 23.2 Å². The number of hydrogen-bond donors (Lipinski definition) is 1. The third-order valence-electron chi connectivity index (χ3n) is 1.50. The summed E-state index contributed by atoms with van der Waals surface area (Å²) < 4.78 is 42.0. The van der Waals surface area contributed by atoms with Crippen LogP contribution in [0.25, 0.3) is 0 Å². The van der Waals surface area contributed by atoms with Crippen LogP contribution in [-0.2, 0) is 6.11 Å². The molecule has 0 amide bonds. The van der Waals surface area contributed by atoms with Gasteiger partial charge in [0, 0.05) is 0 Å². The van der Waals surface area contributed by atoms with Gasteiger partial charge in [0.15, 0.2) is 11.6 Å². The zero-order chi connectivity index (χ0) is 10.1. The summed E-state index contributed by atoms with van der Waals surface area (Å²) in [5.74, 6) is -1.58. The fraction of sp³-hybridized carbons (Fsp3) is 0.250. The largest absolute Gasteiger partial charge is 0.493 e. The standard InChI is InChI=1S/C8H7F3O2/c1-13-7-5(8(10,11)12)3-2-4-6(7)9/h2-4,12H,1H3. The highest BCUT2D eigenvalue weighted by molar-refractivity contribution is 5.36. The van der Waals surface area contributed by atoms with Gasteiger partial charge < -0.3 is 9.84 Å². The third-order valence-corrected chi connectivity index (χ3v) is 1.50. The van der Waals surface area contributed by atoms with Crippen LogP contribution in [0, 0.1) is 5.82 Å². The molecule has 0 aromatic heterocycles. The summed E-state index contributed by atoms with van der Waals surface area (Å²) in [5.41, 5.74) is -0.880. The van der Waals surface area contributed by atoms with E-state index in [2.05, 4.69) is 4.74 Å². The molecule has 0 atom stereocenters. The molecule has 1 aromatic carbocycles. The second-order valence-corrected chi connectivity index (χ2v) is 2.36. The number of para-hydroxylation sites is 1. The molecule has 72 valence electrons. The zero-order valence-corrected chi connectivity index (χ0v) is 6.72. The van der Waals surface area contributed by atoms with Crippen LogP contribution in [0.3, 0.4) is 0 Å². The summed E-state index contributed by atoms with van der Waals surface area (Å²) in [6, 6.07) is 2.92. The van der Waals surface area contributed by atoms with Crippen molar-refractivity contribution in [2.75, 3.05) is 7.11 Å². The van der Waals surface area contributed by atoms with Gasteiger partial charge in [0.05, 0.1) is 12.7 Å². The van der Waals surface area contributed by atoms with Crippen LogP contribution in [0.4, 0.5) is 13.2 Å². The van der Waals surface area contributed by atoms with E-state index in [4.69, 9.17) is 5.11 Å². The molecule has 0 radical (unpaired) electrons. The first-order chi connectivity index (χ1) is 5.96. The van der Waals surface area contributed by atoms with Gasteiger partial charge in [0.2, 0.25) is 0 Å². The highest BCUT2D eigenvalue weighted by atomic mass is 19.3. The summed E-state index contributed by atoms with van der Waals surface area (Å²) in [7, 11) is 1.05. The Bertz CT molecular complexity index is 307. The Labute approximate surface area is 72.6 Å². The molecule has 0 aliphatic carbocycles. The topological polar surface area (TPSA) is 29.5 Å². The second-order valence-electron chi connectivity index (χ2n) is 2.36. The summed E-state index contributed by atoms with van der Waals surface area (Å²) in [6.07, 6.45) is -4.09. The highest BCUT2D eigenvalue weighted by Crippen LogP contribution is 2.33. The smallest absolute Gasteiger partial charge is 0.384 e. The molecule has 1 N–H and O–H groups in total. The van der Waals surface area contributed by atoms with E-state index in [1.165, 1.54) is 0 Å². The van der Waals surface area contributed by atoms with E-state index in [-0.39, 0.29) is 0 Å². The van der Waals surface area contributed by atoms with E-state index in [0.717, 1.165) is 25.3 Å². The number of rotatable bonds is 2. The van der Waals surface area contributed by atoms with Crippen LogP contribution in [-0.4, -0.2) is 12.2 Å². The Hall–Kier alpha value is -1.23. The summed E-state index contributed by atoms with van der Waals surface area (Å²) in [6.45, 7) is 0. The van der Waals surface area contributed by atoms with Crippen molar-refractivity contribution in [3.63, 3.8) is 0 Å². The molecule has 13 heavy (non-hydrogen) atoms. The van der Waals surface area contributed by atoms with Crippen LogP contribution < -0.4 is 4.74 Å². The van der Waals surface area contributed by atoms with Crippen molar-refractivity contribution < 1.29 is 23.0 Å². The maximum atomic E-state index is 12.8. The molecule has 1 aromatic rings. The third kappa shape index (κ3) is 1.92. The van der Waals surface area contributed by atoms with E-state index >= 15 is 0 Å². The summed E-state index contributed by atoms with van der Waals surface area (Å²) in [5, 5.41) is 8.35. The minimum absolute atomic E-state index is 0.644. The van der Waals surface area contributed by atoms with Gasteiger partial charge in [-0.05, 0) is 12.1 Å². The van der Waals surface area contributed by atoms with Crippen LogP contribution in [0.15, 0.2) is 18.2 Å². The van der Waals surface area contributed by atoms with E-state index in [0.29, 0.717) is 0 Å². The normalized spacial score (nSPS) is 11.5. The molecule has 0 aliphatic rings. The molecule has 1 rings (SSSR count). The fourth-order valence-corrected chi connectivity index (χ4v) is 0.953. The molecule has 0 aliphatic heterocycles. The van der Waals surface area contributed by atoms with Gasteiger partial charge in [0.1, 0.15) is 0 Å². The molecule has 0 saturated heterocycles. The van der Waals surface area contributed by atoms with Gasteiger partial charge in [-0.25, -0.2) is 4.39 Å². The van der Waals surface area contributed by atoms with Gasteiger partial charge >= 0.3 is 6.11 Å². The lowest BCUT2D eigenvalue weighted by atomic mass is 10.2. The van der Waals surface area contributed by atoms with Gasteiger partial charge in [-0.1, -0.05) is 6.07 Å². The van der Waals surface area contributed by atoms with Crippen molar-refractivity contribution >= 4 is 0 Å². The first kappa shape index (κ1) is 9.85. The van der Waals surface area contributed by atoms with E-state index in [1.54, 1.807) is 0 Å². The maximum absolute atomic E-state index is 12.8. The van der Waals surface area contributed by atoms with Gasteiger partial charge in [-0.3, -0.25) is 0 Å². The van der Waals surface area contributed by atoms with E-state index in [1.807, 2.05) is 0 Å². The lowest BCUT2D eigenvalue weighted by Crippen LogP contribution is -2.13. The Morgan fingerprint density at radius 3 is 2.38 bits per heavy atom. The lowest BCUT2D eigenvalue weighted by molar-refractivity contribution is -0.209. The zero-order valence-electron chi connectivity index (χ0n) is 6.72. The van der Waals surface area contributed by atoms with Crippen molar-refractivity contribution in [1.82, 2.24) is 0 Å². The van der Waals surface area contributed by atoms with Gasteiger partial charge in [0.25, 0.3) is 0 Å². The predicted octanol–water partition coefficient (Wildman–Crippen LogP) is 1.88. The number of methoxy groups -OCH3 is 1. The molecule has 0 bridgehead atoms. The lowest BCUT2D eigenvalue weighted by Gasteiger charge is -2.13. The fourth-order valence-electron chi connectivity index (χ4n) is 0.953. The molecule has 5 heteroatoms. The molecule has 0 saturated carbocycles. The SMILES string of the molecule is COc1c(F)cccc1C(O)(F)F. The molecule has 0 spiro atoms. The second kappa shape index (κ2) is 3.26. The first-order valence-electron chi connectivity index (χ1n) is 3.40. The van der Waals surface area contributed by atoms with Crippen molar-refractivity contribution in [2.45, 2.75) is 6.11 Å². The molecular formula is C8H7F3O2. The molecule has 2 nitrogen and oxygen atoms in total. The highest BCUT2D eigenvalue weighted by Gasteiger charge is 2.32. The number of aliphatic hydroxyl groups is 1. The molecule has 0 unspecified atom stereocenters. The maximum Gasteiger partial charge on any atom is 0.384 e. The van der Waals surface area contributed by atoms with Crippen LogP contribution in [0.1, 0.15) is 5.56 Å². The molecule has 0 fully saturated rings. The average molecular weight is 192 g/mol. The Balaban J connectivity index is 3.29. The van der Waals surface area contributed by atoms with Crippen LogP contribution in [0.2, 0.25) is 0 Å². The van der Waals surface area contributed by atoms with Crippen LogP contribution >= 0.6 is 0 Å². The number of ether oxygens (including phenoxy) is 1. The Morgan fingerprint density at radius 1 is 1.38 bits per heavy atom. The Kier molecular flexibility index (Phi) is 2.47. The minimum Gasteiger partial charge on any atom is -0.493 e. The monoisotopic (exact) mass is 192 g/mol. The van der Waals surface area contributed by atoms with E-state index in [9.17, 15) is 13.2 Å². The first-order valence-corrected chi connectivity index (χ1v) is 3.40. The Morgan fingerprint density at radius 2 is 2.00 bits per heavy atom. The van der Waals surface area contributed by atoms with Crippen molar-refractivity contribution in [3.05, 3.63) is 29.6 Å². The van der Waals surface area contributed by atoms with Gasteiger partial charge in [-0.15, -0.1) is 0 Å². The van der Waals surface area contributed by atoms with Crippen molar-refractivity contribution in [1.29, 1.82) is 0 Å². The van der Waals surface area contributed by atoms with Crippen molar-refractivity contribution in [2.24, 2.45) is 0 Å². The van der Waals surface area contributed by atoms with Gasteiger partial charge in [-0.2, -0.15) is 8.78 Å². The average Bonchev–Trinajstić information content (AvgIpc) is 2.02. The predicted molar refractivity (Wildman–Crippen MR) is 39.1 cm³/mol. The number of benzene rings is 1.